The Balaban J connectivity index is 2.20. The summed E-state index contributed by atoms with van der Waals surface area (Å²) in [5.41, 5.74) is 10.5. The molecule has 4 N–H and O–H groups in total. The van der Waals surface area contributed by atoms with Crippen molar-refractivity contribution in [3.05, 3.63) is 0 Å². The number of hydrogen-bond acceptors (Lipinski definition) is 2. The van der Waals surface area contributed by atoms with Gasteiger partial charge in [-0.2, -0.15) is 0 Å². The van der Waals surface area contributed by atoms with Gasteiger partial charge in [0.15, 0.2) is 0 Å². The molecule has 0 bridgehead atoms. The summed E-state index contributed by atoms with van der Waals surface area (Å²) in [7, 11) is 0. The molecule has 0 aromatic heterocycles. The van der Waals surface area contributed by atoms with Crippen molar-refractivity contribution in [2.75, 3.05) is 0 Å². The quantitative estimate of drug-likeness (QED) is 0.387. The van der Waals surface area contributed by atoms with Gasteiger partial charge in [0.1, 0.15) is 0 Å². The van der Waals surface area contributed by atoms with Crippen LogP contribution in [0.25, 0.3) is 0 Å². The van der Waals surface area contributed by atoms with Crippen molar-refractivity contribution >= 4 is 0 Å². The molecule has 0 aromatic carbocycles. The second kappa shape index (κ2) is 0.698. The molecule has 5 heavy (non-hydrogen) atoms. The first-order valence-electron chi connectivity index (χ1n) is 1.82. The highest BCUT2D eigenvalue weighted by atomic mass is 14.9. The smallest absolute Gasteiger partial charge is 0.0208 e. The standard InChI is InChI=1S/C3H8N2/c4-2-1-3(2)5/h2-3H,1,4-5H2/t2-,3?/m1/s1. The van der Waals surface area contributed by atoms with Crippen molar-refractivity contribution in [3.63, 3.8) is 0 Å². The predicted molar refractivity (Wildman–Crippen MR) is 20.6 cm³/mol. The second-order valence-electron chi connectivity index (χ2n) is 1.56. The van der Waals surface area contributed by atoms with Gasteiger partial charge in [0.25, 0.3) is 0 Å². The van der Waals surface area contributed by atoms with E-state index in [1.54, 1.807) is 0 Å². The molecule has 2 nitrogen and oxygen atoms in total. The molecule has 0 saturated heterocycles. The Bertz CT molecular complexity index is 38.2. The zero-order chi connectivity index (χ0) is 3.86. The molecule has 0 radical (unpaired) electrons. The van der Waals surface area contributed by atoms with Crippen molar-refractivity contribution < 1.29 is 0 Å². The second-order valence-corrected chi connectivity index (χ2v) is 1.56. The molecule has 0 aromatic rings. The van der Waals surface area contributed by atoms with Crippen molar-refractivity contribution in [1.29, 1.82) is 0 Å². The van der Waals surface area contributed by atoms with Crippen LogP contribution in [0.15, 0.2) is 0 Å². The SMILES string of the molecule is NC1C[C@H]1N. The minimum Gasteiger partial charge on any atom is -0.326 e. The minimum absolute atomic E-state index is 0.329. The van der Waals surface area contributed by atoms with Crippen LogP contribution in [0.4, 0.5) is 0 Å². The summed E-state index contributed by atoms with van der Waals surface area (Å²) in [4.78, 5) is 0. The average Bonchev–Trinajstić information content (AvgIpc) is 1.79. The van der Waals surface area contributed by atoms with Crippen molar-refractivity contribution in [1.82, 2.24) is 0 Å². The van der Waals surface area contributed by atoms with Crippen molar-refractivity contribution in [3.8, 4) is 0 Å². The Morgan fingerprint density at radius 1 is 1.20 bits per heavy atom. The molecular weight excluding hydrogens is 64.0 g/mol. The third-order valence-electron chi connectivity index (χ3n) is 0.891. The fourth-order valence-corrected chi connectivity index (χ4v) is 0.236. The maximum Gasteiger partial charge on any atom is 0.0208 e. The van der Waals surface area contributed by atoms with Gasteiger partial charge in [0, 0.05) is 12.1 Å². The molecule has 1 aliphatic carbocycles. The largest absolute Gasteiger partial charge is 0.326 e. The van der Waals surface area contributed by atoms with E-state index in [1.807, 2.05) is 0 Å². The molecule has 30 valence electrons. The molecule has 0 amide bonds. The normalized spacial score (nSPS) is 49.2. The zero-order valence-corrected chi connectivity index (χ0v) is 3.02. The fraction of sp³-hybridized carbons (Fsp3) is 1.00. The molecule has 2 heteroatoms. The lowest BCUT2D eigenvalue weighted by Crippen LogP contribution is -2.12. The molecule has 0 aliphatic heterocycles. The van der Waals surface area contributed by atoms with E-state index < -0.39 is 0 Å². The van der Waals surface area contributed by atoms with Crippen LogP contribution in [0, 0.1) is 0 Å². The lowest BCUT2D eigenvalue weighted by Gasteiger charge is -1.70. The summed E-state index contributed by atoms with van der Waals surface area (Å²) in [5.74, 6) is 0. The van der Waals surface area contributed by atoms with Crippen molar-refractivity contribution in [2.24, 2.45) is 11.5 Å². The first-order valence-corrected chi connectivity index (χ1v) is 1.82. The van der Waals surface area contributed by atoms with E-state index in [4.69, 9.17) is 11.5 Å². The van der Waals surface area contributed by atoms with E-state index in [0.717, 1.165) is 6.42 Å². The van der Waals surface area contributed by atoms with Crippen LogP contribution in [0.2, 0.25) is 0 Å². The molecule has 2 atom stereocenters. The van der Waals surface area contributed by atoms with Gasteiger partial charge >= 0.3 is 0 Å². The Morgan fingerprint density at radius 3 is 1.40 bits per heavy atom. The van der Waals surface area contributed by atoms with Gasteiger partial charge in [0.2, 0.25) is 0 Å². The highest BCUT2D eigenvalue weighted by Crippen LogP contribution is 2.12. The van der Waals surface area contributed by atoms with Gasteiger partial charge in [-0.15, -0.1) is 0 Å². The third kappa shape index (κ3) is 0.412. The summed E-state index contributed by atoms with van der Waals surface area (Å²) in [6.07, 6.45) is 1.03. The Morgan fingerprint density at radius 2 is 1.40 bits per heavy atom. The Kier molecular flexibility index (Phi) is 0.436. The molecule has 1 saturated carbocycles. The third-order valence-corrected chi connectivity index (χ3v) is 0.891. The van der Waals surface area contributed by atoms with Gasteiger partial charge < -0.3 is 11.5 Å². The van der Waals surface area contributed by atoms with E-state index in [9.17, 15) is 0 Å². The molecular formula is C3H8N2. The molecule has 0 heterocycles. The first-order chi connectivity index (χ1) is 2.30. The Hall–Kier alpha value is -0.0800. The van der Waals surface area contributed by atoms with E-state index in [2.05, 4.69) is 0 Å². The van der Waals surface area contributed by atoms with Gasteiger partial charge in [0.05, 0.1) is 0 Å². The number of rotatable bonds is 0. The highest BCUT2D eigenvalue weighted by molar-refractivity contribution is 4.93. The maximum absolute atomic E-state index is 5.24. The van der Waals surface area contributed by atoms with Crippen LogP contribution in [-0.2, 0) is 0 Å². The van der Waals surface area contributed by atoms with Crippen molar-refractivity contribution in [2.45, 2.75) is 18.5 Å². The van der Waals surface area contributed by atoms with E-state index >= 15 is 0 Å². The van der Waals surface area contributed by atoms with Gasteiger partial charge in [-0.1, -0.05) is 0 Å². The van der Waals surface area contributed by atoms with E-state index in [-0.39, 0.29) is 0 Å². The number of hydrogen-bond donors (Lipinski definition) is 2. The molecule has 1 rings (SSSR count). The summed E-state index contributed by atoms with van der Waals surface area (Å²) in [5, 5.41) is 0. The highest BCUT2D eigenvalue weighted by Gasteiger charge is 2.28. The van der Waals surface area contributed by atoms with Gasteiger partial charge in [-0.3, -0.25) is 0 Å². The van der Waals surface area contributed by atoms with Crippen LogP contribution in [0.1, 0.15) is 6.42 Å². The average molecular weight is 72.1 g/mol. The Labute approximate surface area is 31.1 Å². The lowest BCUT2D eigenvalue weighted by atomic mass is 10.7. The van der Waals surface area contributed by atoms with E-state index in [1.165, 1.54) is 0 Å². The summed E-state index contributed by atoms with van der Waals surface area (Å²) >= 11 is 0. The van der Waals surface area contributed by atoms with Crippen LogP contribution in [0.3, 0.4) is 0 Å². The predicted octanol–water partition coefficient (Wildman–Crippen LogP) is -0.955. The molecule has 1 unspecified atom stereocenters. The molecule has 1 aliphatic rings. The van der Waals surface area contributed by atoms with Crippen LogP contribution >= 0.6 is 0 Å². The van der Waals surface area contributed by atoms with Crippen LogP contribution in [0.5, 0.6) is 0 Å². The number of nitrogens with two attached hydrogens (primary N) is 2. The van der Waals surface area contributed by atoms with Crippen LogP contribution in [-0.4, -0.2) is 12.1 Å². The molecule has 0 spiro atoms. The van der Waals surface area contributed by atoms with Crippen LogP contribution < -0.4 is 11.5 Å². The summed E-state index contributed by atoms with van der Waals surface area (Å²) in [6, 6.07) is 0.657. The summed E-state index contributed by atoms with van der Waals surface area (Å²) in [6.45, 7) is 0. The van der Waals surface area contributed by atoms with Gasteiger partial charge in [-0.25, -0.2) is 0 Å². The minimum atomic E-state index is 0.329. The monoisotopic (exact) mass is 72.1 g/mol. The lowest BCUT2D eigenvalue weighted by molar-refractivity contribution is 0.962. The van der Waals surface area contributed by atoms with E-state index in [0.29, 0.717) is 12.1 Å². The molecule has 1 fully saturated rings. The van der Waals surface area contributed by atoms with Gasteiger partial charge in [-0.05, 0) is 6.42 Å². The first kappa shape index (κ1) is 3.12. The fourth-order valence-electron chi connectivity index (χ4n) is 0.236. The zero-order valence-electron chi connectivity index (χ0n) is 3.02. The maximum atomic E-state index is 5.24. The topological polar surface area (TPSA) is 52.0 Å². The summed E-state index contributed by atoms with van der Waals surface area (Å²) < 4.78 is 0.